The van der Waals surface area contributed by atoms with Gasteiger partial charge < -0.3 is 9.47 Å². The maximum absolute atomic E-state index is 11.9. The molecule has 0 aromatic carbocycles. The van der Waals surface area contributed by atoms with Crippen LogP contribution in [0, 0.1) is 0 Å². The second-order valence-electron chi connectivity index (χ2n) is 6.11. The number of hydrogen-bond donors (Lipinski definition) is 1. The quantitative estimate of drug-likeness (QED) is 0.794. The Morgan fingerprint density at radius 1 is 1.31 bits per heavy atom. The molecule has 0 amide bonds. The van der Waals surface area contributed by atoms with Crippen LogP contribution in [0.5, 0.6) is 0 Å². The highest BCUT2D eigenvalue weighted by molar-refractivity contribution is 5.89. The van der Waals surface area contributed by atoms with Crippen molar-refractivity contribution in [3.05, 3.63) is 75.5 Å². The summed E-state index contributed by atoms with van der Waals surface area (Å²) in [6, 6.07) is 1.50. The van der Waals surface area contributed by atoms with Crippen LogP contribution in [0.2, 0.25) is 0 Å². The molecule has 0 spiro atoms. The molecule has 136 valence electrons. The van der Waals surface area contributed by atoms with E-state index in [1.807, 2.05) is 18.2 Å². The highest BCUT2D eigenvalue weighted by Crippen LogP contribution is 2.26. The van der Waals surface area contributed by atoms with Gasteiger partial charge in [-0.1, -0.05) is 24.3 Å². The van der Waals surface area contributed by atoms with Gasteiger partial charge in [0.15, 0.2) is 0 Å². The summed E-state index contributed by atoms with van der Waals surface area (Å²) in [5.41, 5.74) is 1.25. The second kappa shape index (κ2) is 8.47. The van der Waals surface area contributed by atoms with Gasteiger partial charge in [-0.2, -0.15) is 5.10 Å². The van der Waals surface area contributed by atoms with Gasteiger partial charge in [-0.25, -0.2) is 9.89 Å². The smallest absolute Gasteiger partial charge is 0.343 e. The van der Waals surface area contributed by atoms with E-state index in [1.54, 1.807) is 6.92 Å². The van der Waals surface area contributed by atoms with Crippen molar-refractivity contribution in [2.75, 3.05) is 13.2 Å². The topological polar surface area (TPSA) is 81.3 Å². The summed E-state index contributed by atoms with van der Waals surface area (Å²) in [4.78, 5) is 23.6. The van der Waals surface area contributed by atoms with Crippen molar-refractivity contribution in [3.63, 3.8) is 0 Å². The Labute approximate surface area is 151 Å². The van der Waals surface area contributed by atoms with Gasteiger partial charge in [0.2, 0.25) is 0 Å². The van der Waals surface area contributed by atoms with Crippen LogP contribution in [0.15, 0.2) is 58.6 Å². The lowest BCUT2D eigenvalue weighted by atomic mass is 9.95. The van der Waals surface area contributed by atoms with Crippen LogP contribution >= 0.6 is 0 Å². The molecule has 0 fully saturated rings. The van der Waals surface area contributed by atoms with Gasteiger partial charge in [-0.15, -0.1) is 0 Å². The number of aromatic amines is 1. The van der Waals surface area contributed by atoms with Crippen LogP contribution in [-0.4, -0.2) is 29.4 Å². The average Bonchev–Trinajstić information content (AvgIpc) is 2.68. The third kappa shape index (κ3) is 4.39. The number of carbonyl (C=O) groups is 1. The lowest BCUT2D eigenvalue weighted by Crippen LogP contribution is -2.22. The molecule has 1 atom stereocenters. The van der Waals surface area contributed by atoms with Crippen molar-refractivity contribution in [2.24, 2.45) is 0 Å². The van der Waals surface area contributed by atoms with Crippen molar-refractivity contribution in [1.82, 2.24) is 10.2 Å². The Morgan fingerprint density at radius 2 is 2.19 bits per heavy atom. The van der Waals surface area contributed by atoms with E-state index in [1.165, 1.54) is 11.6 Å². The molecule has 0 saturated carbocycles. The van der Waals surface area contributed by atoms with Gasteiger partial charge in [0, 0.05) is 5.92 Å². The molecule has 2 aliphatic carbocycles. The third-order valence-electron chi connectivity index (χ3n) is 4.24. The highest BCUT2D eigenvalue weighted by atomic mass is 16.5. The summed E-state index contributed by atoms with van der Waals surface area (Å²) in [7, 11) is 0. The third-order valence-corrected chi connectivity index (χ3v) is 4.24. The van der Waals surface area contributed by atoms with E-state index in [9.17, 15) is 9.59 Å². The molecular weight excluding hydrogens is 332 g/mol. The van der Waals surface area contributed by atoms with Crippen molar-refractivity contribution >= 4 is 5.97 Å². The van der Waals surface area contributed by atoms with Gasteiger partial charge in [0.1, 0.15) is 17.9 Å². The monoisotopic (exact) mass is 354 g/mol. The van der Waals surface area contributed by atoms with Crippen LogP contribution in [0.4, 0.5) is 0 Å². The Kier molecular flexibility index (Phi) is 5.84. The Bertz CT molecular complexity index is 846. The standard InChI is InChI=1S/C20H22N2O4/c1-2-25-20(24)17-12-18(21-22-19(17)23)15-8-10-16(11-9-15)26-13-14-6-4-3-5-7-14/h4,6-8,10-12,15H,2-3,5,9,13H2,1H3,(H,22,23). The average molecular weight is 354 g/mol. The first-order valence-electron chi connectivity index (χ1n) is 8.81. The first-order valence-corrected chi connectivity index (χ1v) is 8.81. The minimum absolute atomic E-state index is 0.0210. The molecule has 3 rings (SSSR count). The Hall–Kier alpha value is -2.89. The summed E-state index contributed by atoms with van der Waals surface area (Å²) in [5, 5.41) is 6.44. The minimum Gasteiger partial charge on any atom is -0.489 e. The normalized spacial score (nSPS) is 18.9. The zero-order chi connectivity index (χ0) is 18.4. The largest absolute Gasteiger partial charge is 0.489 e. The van der Waals surface area contributed by atoms with Crippen LogP contribution in [0.25, 0.3) is 0 Å². The molecule has 1 aromatic rings. The highest BCUT2D eigenvalue weighted by Gasteiger charge is 2.19. The zero-order valence-electron chi connectivity index (χ0n) is 14.7. The molecule has 0 radical (unpaired) electrons. The van der Waals surface area contributed by atoms with E-state index in [-0.39, 0.29) is 18.1 Å². The molecule has 0 bridgehead atoms. The molecule has 6 heteroatoms. The fraction of sp³-hybridized carbons (Fsp3) is 0.350. The minimum atomic E-state index is -0.634. The summed E-state index contributed by atoms with van der Waals surface area (Å²) < 4.78 is 10.7. The van der Waals surface area contributed by atoms with Crippen LogP contribution < -0.4 is 5.56 Å². The van der Waals surface area contributed by atoms with Crippen molar-refractivity contribution in [3.8, 4) is 0 Å². The molecule has 6 nitrogen and oxygen atoms in total. The van der Waals surface area contributed by atoms with Crippen LogP contribution in [-0.2, 0) is 9.47 Å². The maximum Gasteiger partial charge on any atom is 0.343 e. The summed E-state index contributed by atoms with van der Waals surface area (Å²) in [6.45, 7) is 2.47. The number of ether oxygens (including phenoxy) is 2. The number of carbonyl (C=O) groups excluding carboxylic acids is 1. The molecular formula is C20H22N2O4. The van der Waals surface area contributed by atoms with Crippen molar-refractivity contribution in [1.29, 1.82) is 0 Å². The SMILES string of the molecule is CCOC(=O)c1cc(C2C=CC(OCC3=CCCC=C3)=CC2)n[nH]c1=O. The molecule has 2 aliphatic rings. The summed E-state index contributed by atoms with van der Waals surface area (Å²) in [5.74, 6) is 0.155. The van der Waals surface area contributed by atoms with E-state index in [4.69, 9.17) is 9.47 Å². The Morgan fingerprint density at radius 3 is 2.88 bits per heavy atom. The fourth-order valence-corrected chi connectivity index (χ4v) is 2.84. The lowest BCUT2D eigenvalue weighted by molar-refractivity contribution is 0.0523. The maximum atomic E-state index is 11.9. The molecule has 1 unspecified atom stereocenters. The van der Waals surface area contributed by atoms with Crippen LogP contribution in [0.1, 0.15) is 48.2 Å². The first kappa shape index (κ1) is 17.9. The predicted molar refractivity (Wildman–Crippen MR) is 97.8 cm³/mol. The number of H-pyrrole nitrogens is 1. The van der Waals surface area contributed by atoms with E-state index in [2.05, 4.69) is 28.4 Å². The predicted octanol–water partition coefficient (Wildman–Crippen LogP) is 3.17. The van der Waals surface area contributed by atoms with Gasteiger partial charge in [-0.3, -0.25) is 4.79 Å². The number of esters is 1. The van der Waals surface area contributed by atoms with E-state index < -0.39 is 11.5 Å². The summed E-state index contributed by atoms with van der Waals surface area (Å²) in [6.07, 6.45) is 15.1. The molecule has 1 N–H and O–H groups in total. The van der Waals surface area contributed by atoms with Gasteiger partial charge in [0.25, 0.3) is 5.56 Å². The van der Waals surface area contributed by atoms with Gasteiger partial charge in [-0.05, 0) is 50.0 Å². The fourth-order valence-electron chi connectivity index (χ4n) is 2.84. The number of nitrogens with zero attached hydrogens (tertiary/aromatic N) is 1. The number of rotatable bonds is 6. The number of nitrogens with one attached hydrogen (secondary N) is 1. The molecule has 0 aliphatic heterocycles. The van der Waals surface area contributed by atoms with Crippen molar-refractivity contribution < 1.29 is 14.3 Å². The molecule has 26 heavy (non-hydrogen) atoms. The zero-order valence-corrected chi connectivity index (χ0v) is 14.7. The van der Waals surface area contributed by atoms with Gasteiger partial charge >= 0.3 is 5.97 Å². The van der Waals surface area contributed by atoms with Gasteiger partial charge in [0.05, 0.1) is 12.3 Å². The Balaban J connectivity index is 1.63. The summed E-state index contributed by atoms with van der Waals surface area (Å²) >= 11 is 0. The van der Waals surface area contributed by atoms with Crippen molar-refractivity contribution in [2.45, 2.75) is 32.1 Å². The number of hydrogen-bond acceptors (Lipinski definition) is 5. The van der Waals surface area contributed by atoms with Crippen LogP contribution in [0.3, 0.4) is 0 Å². The van der Waals surface area contributed by atoms with E-state index >= 15 is 0 Å². The molecule has 1 heterocycles. The van der Waals surface area contributed by atoms with E-state index in [0.29, 0.717) is 18.7 Å². The molecule has 1 aromatic heterocycles. The molecule has 0 saturated heterocycles. The second-order valence-corrected chi connectivity index (χ2v) is 6.11. The first-order chi connectivity index (χ1) is 12.7. The lowest BCUT2D eigenvalue weighted by Gasteiger charge is -2.17. The number of allylic oxidation sites excluding steroid dienone is 5. The number of aromatic nitrogens is 2. The van der Waals surface area contributed by atoms with E-state index in [0.717, 1.165) is 18.6 Å².